The maximum atomic E-state index is 14.9. The number of rotatable bonds is 3. The summed E-state index contributed by atoms with van der Waals surface area (Å²) in [5.74, 6) is -0.333. The Balaban J connectivity index is 1.65. The summed E-state index contributed by atoms with van der Waals surface area (Å²) >= 11 is 6.18. The third-order valence-electron chi connectivity index (χ3n) is 5.64. The molecule has 1 aromatic carbocycles. The van der Waals surface area contributed by atoms with Crippen molar-refractivity contribution in [2.75, 3.05) is 0 Å². The van der Waals surface area contributed by atoms with Gasteiger partial charge in [-0.1, -0.05) is 23.7 Å². The Morgan fingerprint density at radius 3 is 2.61 bits per heavy atom. The zero-order valence-electron chi connectivity index (χ0n) is 16.9. The fourth-order valence-electron chi connectivity index (χ4n) is 4.15. The van der Waals surface area contributed by atoms with E-state index in [1.54, 1.807) is 26.1 Å². The normalized spacial score (nSPS) is 18.5. The van der Waals surface area contributed by atoms with Crippen LogP contribution < -0.4 is 0 Å². The second-order valence-electron chi connectivity index (χ2n) is 8.36. The van der Waals surface area contributed by atoms with Crippen LogP contribution in [0.3, 0.4) is 0 Å². The van der Waals surface area contributed by atoms with Crippen molar-refractivity contribution in [3.8, 4) is 11.1 Å². The van der Waals surface area contributed by atoms with Crippen molar-refractivity contribution >= 4 is 17.2 Å². The van der Waals surface area contributed by atoms with Gasteiger partial charge < -0.3 is 14.6 Å². The standard InChI is InChI=1S/C23H20ClFN4O2/c1-23(2,31)22-26-9-13(10-27-22)16-11-29-19(8-17(16)25)28-20-18(30)7-15(21(20)29)12-4-3-5-14(24)6-12/h3-6,8-11,15,18,30-31H,7H2,1-2H3. The van der Waals surface area contributed by atoms with E-state index in [9.17, 15) is 14.6 Å². The molecule has 1 aliphatic rings. The first kappa shape index (κ1) is 20.1. The van der Waals surface area contributed by atoms with Crippen molar-refractivity contribution in [1.29, 1.82) is 0 Å². The molecular formula is C23H20ClFN4O2. The van der Waals surface area contributed by atoms with Crippen LogP contribution >= 0.6 is 11.6 Å². The van der Waals surface area contributed by atoms with Crippen molar-refractivity contribution < 1.29 is 14.6 Å². The van der Waals surface area contributed by atoms with Crippen molar-refractivity contribution in [2.45, 2.75) is 37.9 Å². The molecule has 4 aromatic rings. The van der Waals surface area contributed by atoms with Crippen molar-refractivity contribution in [3.05, 3.63) is 82.5 Å². The molecule has 158 valence electrons. The molecule has 6 nitrogen and oxygen atoms in total. The lowest BCUT2D eigenvalue weighted by Crippen LogP contribution is -2.19. The summed E-state index contributed by atoms with van der Waals surface area (Å²) in [7, 11) is 0. The molecule has 0 radical (unpaired) electrons. The van der Waals surface area contributed by atoms with Crippen LogP contribution in [-0.2, 0) is 5.60 Å². The van der Waals surface area contributed by atoms with Crippen LogP contribution in [0.1, 0.15) is 55.1 Å². The maximum Gasteiger partial charge on any atom is 0.159 e. The molecule has 8 heteroatoms. The summed E-state index contributed by atoms with van der Waals surface area (Å²) in [6.45, 7) is 3.18. The maximum absolute atomic E-state index is 14.9. The molecule has 2 unspecified atom stereocenters. The third-order valence-corrected chi connectivity index (χ3v) is 5.88. The molecule has 5 rings (SSSR count). The monoisotopic (exact) mass is 438 g/mol. The highest BCUT2D eigenvalue weighted by molar-refractivity contribution is 6.30. The van der Waals surface area contributed by atoms with E-state index >= 15 is 0 Å². The molecule has 31 heavy (non-hydrogen) atoms. The summed E-state index contributed by atoms with van der Waals surface area (Å²) in [5, 5.41) is 21.3. The Kier molecular flexibility index (Phi) is 4.58. The molecule has 0 saturated carbocycles. The molecular weight excluding hydrogens is 419 g/mol. The summed E-state index contributed by atoms with van der Waals surface area (Å²) in [6.07, 6.45) is 4.39. The van der Waals surface area contributed by atoms with Crippen LogP contribution in [0.25, 0.3) is 16.8 Å². The van der Waals surface area contributed by atoms with Gasteiger partial charge >= 0.3 is 0 Å². The Bertz CT molecular complexity index is 1300. The number of aliphatic hydroxyl groups is 2. The number of aliphatic hydroxyl groups excluding tert-OH is 1. The summed E-state index contributed by atoms with van der Waals surface area (Å²) in [6, 6.07) is 8.86. The molecule has 0 spiro atoms. The van der Waals surface area contributed by atoms with Gasteiger partial charge in [-0.15, -0.1) is 0 Å². The van der Waals surface area contributed by atoms with Crippen molar-refractivity contribution in [2.24, 2.45) is 0 Å². The van der Waals surface area contributed by atoms with Gasteiger partial charge in [-0.2, -0.15) is 0 Å². The van der Waals surface area contributed by atoms with E-state index in [1.807, 2.05) is 22.6 Å². The Labute approximate surface area is 183 Å². The van der Waals surface area contributed by atoms with E-state index in [1.165, 1.54) is 18.5 Å². The summed E-state index contributed by atoms with van der Waals surface area (Å²) < 4.78 is 16.8. The molecule has 3 aromatic heterocycles. The first-order chi connectivity index (χ1) is 14.7. The van der Waals surface area contributed by atoms with E-state index in [4.69, 9.17) is 11.6 Å². The molecule has 0 bridgehead atoms. The topological polar surface area (TPSA) is 83.5 Å². The Morgan fingerprint density at radius 2 is 1.94 bits per heavy atom. The van der Waals surface area contributed by atoms with E-state index in [2.05, 4.69) is 15.0 Å². The zero-order valence-corrected chi connectivity index (χ0v) is 17.7. The van der Waals surface area contributed by atoms with Crippen LogP contribution in [-0.4, -0.2) is 29.6 Å². The SMILES string of the molecule is CC(C)(O)c1ncc(-c2cn3c4c(nc3cc2F)C(O)CC4c2cccc(Cl)c2)cn1. The number of fused-ring (bicyclic) bond motifs is 3. The minimum atomic E-state index is -1.19. The number of aromatic nitrogens is 4. The summed E-state index contributed by atoms with van der Waals surface area (Å²) in [5.41, 5.74) is 2.36. The summed E-state index contributed by atoms with van der Waals surface area (Å²) in [4.78, 5) is 12.9. The van der Waals surface area contributed by atoms with Crippen LogP contribution in [0.15, 0.2) is 48.9 Å². The second-order valence-corrected chi connectivity index (χ2v) is 8.80. The third kappa shape index (κ3) is 3.39. The lowest BCUT2D eigenvalue weighted by molar-refractivity contribution is 0.0687. The predicted octanol–water partition coefficient (Wildman–Crippen LogP) is 4.38. The Hall–Kier alpha value is -2.87. The number of halogens is 2. The number of pyridine rings is 1. The molecule has 0 saturated heterocycles. The fraction of sp³-hybridized carbons (Fsp3) is 0.261. The molecule has 1 aliphatic carbocycles. The van der Waals surface area contributed by atoms with Gasteiger partial charge in [-0.25, -0.2) is 19.3 Å². The van der Waals surface area contributed by atoms with Crippen LogP contribution in [0.5, 0.6) is 0 Å². The van der Waals surface area contributed by atoms with Gasteiger partial charge in [0.05, 0.1) is 17.5 Å². The van der Waals surface area contributed by atoms with Gasteiger partial charge in [-0.05, 0) is 38.0 Å². The van der Waals surface area contributed by atoms with E-state index in [0.717, 1.165) is 11.3 Å². The molecule has 0 amide bonds. The van der Waals surface area contributed by atoms with Gasteiger partial charge in [0.2, 0.25) is 0 Å². The highest BCUT2D eigenvalue weighted by Gasteiger charge is 2.36. The first-order valence-electron chi connectivity index (χ1n) is 9.92. The zero-order chi connectivity index (χ0) is 21.9. The van der Waals surface area contributed by atoms with Gasteiger partial charge in [0, 0.05) is 46.7 Å². The smallest absolute Gasteiger partial charge is 0.159 e. The average Bonchev–Trinajstić information content (AvgIpc) is 3.24. The van der Waals surface area contributed by atoms with Gasteiger partial charge in [0.15, 0.2) is 5.82 Å². The lowest BCUT2D eigenvalue weighted by Gasteiger charge is -2.16. The van der Waals surface area contributed by atoms with Gasteiger partial charge in [-0.3, -0.25) is 0 Å². The highest BCUT2D eigenvalue weighted by Crippen LogP contribution is 2.45. The molecule has 2 N–H and O–H groups in total. The van der Waals surface area contributed by atoms with Crippen molar-refractivity contribution in [1.82, 2.24) is 19.4 Å². The first-order valence-corrected chi connectivity index (χ1v) is 10.3. The molecule has 2 atom stereocenters. The largest absolute Gasteiger partial charge is 0.387 e. The number of imidazole rings is 1. The lowest BCUT2D eigenvalue weighted by atomic mass is 9.96. The Morgan fingerprint density at radius 1 is 1.19 bits per heavy atom. The minimum absolute atomic E-state index is 0.120. The number of hydrogen-bond acceptors (Lipinski definition) is 5. The predicted molar refractivity (Wildman–Crippen MR) is 114 cm³/mol. The quantitative estimate of drug-likeness (QED) is 0.496. The molecule has 0 fully saturated rings. The van der Waals surface area contributed by atoms with E-state index < -0.39 is 17.5 Å². The number of benzene rings is 1. The fourth-order valence-corrected chi connectivity index (χ4v) is 4.35. The van der Waals surface area contributed by atoms with E-state index in [-0.39, 0.29) is 11.7 Å². The van der Waals surface area contributed by atoms with E-state index in [0.29, 0.717) is 33.9 Å². The molecule has 0 aliphatic heterocycles. The molecule has 3 heterocycles. The number of nitrogens with zero attached hydrogens (tertiary/aromatic N) is 4. The van der Waals surface area contributed by atoms with Crippen LogP contribution in [0, 0.1) is 5.82 Å². The van der Waals surface area contributed by atoms with Gasteiger partial charge in [0.25, 0.3) is 0 Å². The van der Waals surface area contributed by atoms with Crippen LogP contribution in [0.2, 0.25) is 5.02 Å². The van der Waals surface area contributed by atoms with Gasteiger partial charge in [0.1, 0.15) is 17.1 Å². The number of hydrogen-bond donors (Lipinski definition) is 2. The second kappa shape index (κ2) is 7.09. The minimum Gasteiger partial charge on any atom is -0.387 e. The highest BCUT2D eigenvalue weighted by atomic mass is 35.5. The average molecular weight is 439 g/mol. The van der Waals surface area contributed by atoms with Crippen LogP contribution in [0.4, 0.5) is 4.39 Å². The van der Waals surface area contributed by atoms with Crippen molar-refractivity contribution in [3.63, 3.8) is 0 Å².